The van der Waals surface area contributed by atoms with Gasteiger partial charge in [0.1, 0.15) is 0 Å². The molecule has 2 aliphatic heterocycles. The molecule has 0 unspecified atom stereocenters. The number of nitrogens with one attached hydrogen (secondary N) is 1. The molecule has 0 aliphatic carbocycles. The lowest BCUT2D eigenvalue weighted by molar-refractivity contribution is -0.134. The first kappa shape index (κ1) is 17.8. The van der Waals surface area contributed by atoms with E-state index in [0.29, 0.717) is 25.2 Å². The Balaban J connectivity index is 1.45. The van der Waals surface area contributed by atoms with Gasteiger partial charge in [-0.1, -0.05) is 0 Å². The summed E-state index contributed by atoms with van der Waals surface area (Å²) in [6.45, 7) is 5.99. The van der Waals surface area contributed by atoms with Crippen molar-refractivity contribution in [2.45, 2.75) is 52.0 Å². The topological polar surface area (TPSA) is 90.8 Å². The molecule has 0 bridgehead atoms. The molecule has 4 rings (SSSR count). The third-order valence-electron chi connectivity index (χ3n) is 5.90. The van der Waals surface area contributed by atoms with Gasteiger partial charge >= 0.3 is 0 Å². The minimum Gasteiger partial charge on any atom is -0.342 e. The van der Waals surface area contributed by atoms with Gasteiger partial charge in [0, 0.05) is 55.1 Å². The van der Waals surface area contributed by atoms with E-state index >= 15 is 0 Å². The maximum absolute atomic E-state index is 12.8. The number of hydrogen-bond acceptors (Lipinski definition) is 4. The van der Waals surface area contributed by atoms with Crippen LogP contribution in [0.25, 0.3) is 5.65 Å². The molecule has 27 heavy (non-hydrogen) atoms. The lowest BCUT2D eigenvalue weighted by Crippen LogP contribution is -2.47. The molecule has 0 spiro atoms. The van der Waals surface area contributed by atoms with E-state index in [1.807, 2.05) is 23.6 Å². The molecule has 2 aromatic heterocycles. The summed E-state index contributed by atoms with van der Waals surface area (Å²) < 4.78 is 1.64. The summed E-state index contributed by atoms with van der Waals surface area (Å²) in [6.07, 6.45) is 3.57. The standard InChI is InChI=1S/C19H25N5O3/c1-12-15(13(2)24-16(20-12)11-17(25)21-24)10-19(27)22-8-5-14(6-9-22)23-7-3-4-18(23)26/h11,14H,3-10H2,1-2H3,(H,21,25). The number of aryl methyl sites for hydroxylation is 2. The number of carbonyl (C=O) groups is 2. The van der Waals surface area contributed by atoms with Crippen molar-refractivity contribution >= 4 is 17.5 Å². The fraction of sp³-hybridized carbons (Fsp3) is 0.579. The van der Waals surface area contributed by atoms with Crippen LogP contribution in [0.2, 0.25) is 0 Å². The Kier molecular flexibility index (Phi) is 4.49. The normalized spacial score (nSPS) is 18.7. The number of carbonyl (C=O) groups excluding carboxylic acids is 2. The van der Waals surface area contributed by atoms with E-state index in [-0.39, 0.29) is 29.8 Å². The van der Waals surface area contributed by atoms with E-state index in [9.17, 15) is 14.4 Å². The number of aromatic amines is 1. The molecule has 0 radical (unpaired) electrons. The molecule has 2 fully saturated rings. The van der Waals surface area contributed by atoms with Crippen LogP contribution in [0.15, 0.2) is 10.9 Å². The summed E-state index contributed by atoms with van der Waals surface area (Å²) in [5.41, 5.74) is 2.84. The predicted octanol–water partition coefficient (Wildman–Crippen LogP) is 0.795. The van der Waals surface area contributed by atoms with Crippen molar-refractivity contribution in [1.82, 2.24) is 24.4 Å². The number of fused-ring (bicyclic) bond motifs is 1. The van der Waals surface area contributed by atoms with Crippen molar-refractivity contribution in [2.75, 3.05) is 19.6 Å². The monoisotopic (exact) mass is 371 g/mol. The fourth-order valence-electron chi connectivity index (χ4n) is 4.36. The van der Waals surface area contributed by atoms with E-state index in [1.165, 1.54) is 6.07 Å². The molecule has 0 saturated carbocycles. The smallest absolute Gasteiger partial charge is 0.266 e. The Bertz CT molecular complexity index is 952. The SMILES string of the molecule is Cc1nc2cc(=O)[nH]n2c(C)c1CC(=O)N1CCC(N2CCCC2=O)CC1. The van der Waals surface area contributed by atoms with E-state index in [4.69, 9.17) is 0 Å². The number of rotatable bonds is 3. The zero-order valence-electron chi connectivity index (χ0n) is 15.8. The highest BCUT2D eigenvalue weighted by atomic mass is 16.2. The molecule has 8 nitrogen and oxygen atoms in total. The number of hydrogen-bond donors (Lipinski definition) is 1. The molecule has 1 N–H and O–H groups in total. The van der Waals surface area contributed by atoms with Gasteiger partial charge < -0.3 is 9.80 Å². The number of likely N-dealkylation sites (tertiary alicyclic amines) is 2. The lowest BCUT2D eigenvalue weighted by atomic mass is 10.0. The summed E-state index contributed by atoms with van der Waals surface area (Å²) in [7, 11) is 0. The zero-order chi connectivity index (χ0) is 19.1. The van der Waals surface area contributed by atoms with Gasteiger partial charge in [-0.2, -0.15) is 0 Å². The number of amides is 2. The van der Waals surface area contributed by atoms with Crippen LogP contribution in [0, 0.1) is 13.8 Å². The average Bonchev–Trinajstić information content (AvgIpc) is 3.23. The van der Waals surface area contributed by atoms with Crippen LogP contribution in [0.1, 0.15) is 42.6 Å². The Morgan fingerprint density at radius 1 is 1.22 bits per heavy atom. The van der Waals surface area contributed by atoms with E-state index in [2.05, 4.69) is 10.1 Å². The lowest BCUT2D eigenvalue weighted by Gasteiger charge is -2.36. The van der Waals surface area contributed by atoms with Crippen LogP contribution in [0.3, 0.4) is 0 Å². The summed E-state index contributed by atoms with van der Waals surface area (Å²) in [4.78, 5) is 44.7. The molecule has 2 aromatic rings. The second kappa shape index (κ2) is 6.83. The second-order valence-corrected chi connectivity index (χ2v) is 7.55. The van der Waals surface area contributed by atoms with Crippen LogP contribution < -0.4 is 5.56 Å². The molecule has 8 heteroatoms. The van der Waals surface area contributed by atoms with Gasteiger partial charge in [-0.25, -0.2) is 9.50 Å². The highest BCUT2D eigenvalue weighted by Gasteiger charge is 2.32. The highest BCUT2D eigenvalue weighted by Crippen LogP contribution is 2.23. The van der Waals surface area contributed by atoms with Crippen LogP contribution >= 0.6 is 0 Å². The average molecular weight is 371 g/mol. The molecule has 2 saturated heterocycles. The van der Waals surface area contributed by atoms with E-state index in [0.717, 1.165) is 42.8 Å². The van der Waals surface area contributed by atoms with Gasteiger partial charge in [-0.05, 0) is 33.1 Å². The number of piperidine rings is 1. The molecule has 144 valence electrons. The number of nitrogens with zero attached hydrogens (tertiary/aromatic N) is 4. The van der Waals surface area contributed by atoms with Crippen LogP contribution in [-0.4, -0.2) is 61.9 Å². The number of aromatic nitrogens is 3. The van der Waals surface area contributed by atoms with Crippen LogP contribution in [0.4, 0.5) is 0 Å². The summed E-state index contributed by atoms with van der Waals surface area (Å²) in [5, 5.41) is 2.72. The van der Waals surface area contributed by atoms with E-state index < -0.39 is 0 Å². The first-order chi connectivity index (χ1) is 12.9. The third-order valence-corrected chi connectivity index (χ3v) is 5.90. The van der Waals surface area contributed by atoms with Crippen LogP contribution in [0.5, 0.6) is 0 Å². The highest BCUT2D eigenvalue weighted by molar-refractivity contribution is 5.80. The largest absolute Gasteiger partial charge is 0.342 e. The Morgan fingerprint density at radius 3 is 2.63 bits per heavy atom. The van der Waals surface area contributed by atoms with Crippen LogP contribution in [-0.2, 0) is 16.0 Å². The maximum atomic E-state index is 12.8. The minimum absolute atomic E-state index is 0.0723. The van der Waals surface area contributed by atoms with Crippen molar-refractivity contribution in [1.29, 1.82) is 0 Å². The van der Waals surface area contributed by atoms with Gasteiger partial charge in [-0.3, -0.25) is 19.5 Å². The van der Waals surface area contributed by atoms with Crippen molar-refractivity contribution in [3.05, 3.63) is 33.4 Å². The molecule has 4 heterocycles. The molecule has 2 aliphatic rings. The Labute approximate surface area is 157 Å². The Morgan fingerprint density at radius 2 is 1.96 bits per heavy atom. The number of H-pyrrole nitrogens is 1. The van der Waals surface area contributed by atoms with Crippen molar-refractivity contribution in [3.8, 4) is 0 Å². The second-order valence-electron chi connectivity index (χ2n) is 7.55. The maximum Gasteiger partial charge on any atom is 0.266 e. The van der Waals surface area contributed by atoms with Gasteiger partial charge in [0.2, 0.25) is 11.8 Å². The summed E-state index contributed by atoms with van der Waals surface area (Å²) in [5.74, 6) is 0.328. The van der Waals surface area contributed by atoms with Crippen molar-refractivity contribution < 1.29 is 9.59 Å². The fourth-order valence-corrected chi connectivity index (χ4v) is 4.36. The zero-order valence-corrected chi connectivity index (χ0v) is 15.8. The van der Waals surface area contributed by atoms with Gasteiger partial charge in [0.05, 0.1) is 6.42 Å². The van der Waals surface area contributed by atoms with Gasteiger partial charge in [0.25, 0.3) is 5.56 Å². The first-order valence-corrected chi connectivity index (χ1v) is 9.59. The van der Waals surface area contributed by atoms with Gasteiger partial charge in [-0.15, -0.1) is 0 Å². The first-order valence-electron chi connectivity index (χ1n) is 9.59. The van der Waals surface area contributed by atoms with Crippen molar-refractivity contribution in [3.63, 3.8) is 0 Å². The third kappa shape index (κ3) is 3.24. The predicted molar refractivity (Wildman–Crippen MR) is 99.5 cm³/mol. The summed E-state index contributed by atoms with van der Waals surface area (Å²) in [6, 6.07) is 1.73. The minimum atomic E-state index is -0.202. The molecule has 2 amide bonds. The molecular weight excluding hydrogens is 346 g/mol. The quantitative estimate of drug-likeness (QED) is 0.864. The molecule has 0 atom stereocenters. The molecular formula is C19H25N5O3. The molecule has 0 aromatic carbocycles. The van der Waals surface area contributed by atoms with Crippen molar-refractivity contribution in [2.24, 2.45) is 0 Å². The summed E-state index contributed by atoms with van der Waals surface area (Å²) >= 11 is 0. The Hall–Kier alpha value is -2.64. The van der Waals surface area contributed by atoms with Gasteiger partial charge in [0.15, 0.2) is 5.65 Å². The van der Waals surface area contributed by atoms with E-state index in [1.54, 1.807) is 4.52 Å².